The van der Waals surface area contributed by atoms with E-state index in [9.17, 15) is 4.79 Å². The molecule has 0 amide bonds. The van der Waals surface area contributed by atoms with Crippen molar-refractivity contribution in [2.24, 2.45) is 0 Å². The van der Waals surface area contributed by atoms with Gasteiger partial charge in [-0.1, -0.05) is 19.8 Å². The second-order valence-corrected chi connectivity index (χ2v) is 3.12. The van der Waals surface area contributed by atoms with Crippen molar-refractivity contribution in [1.82, 2.24) is 14.8 Å². The molecule has 0 saturated heterocycles. The fraction of sp³-hybridized carbons (Fsp3) is 0.714. The first-order chi connectivity index (χ1) is 5.74. The van der Waals surface area contributed by atoms with Crippen LogP contribution in [0, 0.1) is 4.77 Å². The van der Waals surface area contributed by atoms with Crippen LogP contribution in [-0.2, 0) is 6.54 Å². The third-order valence-corrected chi connectivity index (χ3v) is 2.01. The number of nitrogens with one attached hydrogen (secondary N) is 2. The summed E-state index contributed by atoms with van der Waals surface area (Å²) in [5.74, 6) is 0. The number of hydrogen-bond donors (Lipinski definition) is 2. The predicted molar refractivity (Wildman–Crippen MR) is 49.8 cm³/mol. The van der Waals surface area contributed by atoms with Crippen LogP contribution in [0.4, 0.5) is 0 Å². The third kappa shape index (κ3) is 2.34. The molecule has 0 aromatic carbocycles. The van der Waals surface area contributed by atoms with Crippen molar-refractivity contribution in [2.45, 2.75) is 32.7 Å². The molecule has 0 unspecified atom stereocenters. The molecule has 0 atom stereocenters. The van der Waals surface area contributed by atoms with Gasteiger partial charge in [-0.25, -0.2) is 9.89 Å². The fourth-order valence-corrected chi connectivity index (χ4v) is 1.27. The van der Waals surface area contributed by atoms with Crippen LogP contribution in [0.5, 0.6) is 0 Å². The molecule has 0 spiro atoms. The first kappa shape index (κ1) is 9.25. The monoisotopic (exact) mass is 187 g/mol. The molecule has 1 aromatic heterocycles. The van der Waals surface area contributed by atoms with Gasteiger partial charge in [0.2, 0.25) is 0 Å². The summed E-state index contributed by atoms with van der Waals surface area (Å²) in [5.41, 5.74) is -0.225. The van der Waals surface area contributed by atoms with E-state index in [0.29, 0.717) is 4.77 Å². The molecule has 0 aliphatic heterocycles. The molecule has 0 radical (unpaired) electrons. The average molecular weight is 187 g/mol. The Morgan fingerprint density at radius 2 is 2.25 bits per heavy atom. The first-order valence-electron chi connectivity index (χ1n) is 4.13. The molecule has 1 aromatic rings. The molecule has 4 nitrogen and oxygen atoms in total. The second-order valence-electron chi connectivity index (χ2n) is 2.73. The van der Waals surface area contributed by atoms with Crippen LogP contribution in [0.15, 0.2) is 4.79 Å². The third-order valence-electron chi connectivity index (χ3n) is 1.69. The van der Waals surface area contributed by atoms with Crippen molar-refractivity contribution < 1.29 is 0 Å². The highest BCUT2D eigenvalue weighted by Gasteiger charge is 1.94. The molecule has 0 aliphatic carbocycles. The number of nitrogens with zero attached hydrogens (tertiary/aromatic N) is 1. The first-order valence-corrected chi connectivity index (χ1v) is 4.54. The van der Waals surface area contributed by atoms with Crippen molar-refractivity contribution >= 4 is 12.2 Å². The maximum atomic E-state index is 10.7. The van der Waals surface area contributed by atoms with E-state index in [2.05, 4.69) is 17.0 Å². The van der Waals surface area contributed by atoms with Crippen molar-refractivity contribution in [3.05, 3.63) is 15.3 Å². The normalized spacial score (nSPS) is 10.4. The van der Waals surface area contributed by atoms with Gasteiger partial charge in [-0.3, -0.25) is 9.67 Å². The number of H-pyrrole nitrogens is 2. The van der Waals surface area contributed by atoms with Crippen LogP contribution in [0.2, 0.25) is 0 Å². The molecule has 1 rings (SSSR count). The Labute approximate surface area is 75.6 Å². The molecule has 0 saturated carbocycles. The summed E-state index contributed by atoms with van der Waals surface area (Å²) in [7, 11) is 0. The van der Waals surface area contributed by atoms with E-state index in [4.69, 9.17) is 12.2 Å². The second kappa shape index (κ2) is 4.25. The average Bonchev–Trinajstić information content (AvgIpc) is 2.31. The maximum absolute atomic E-state index is 10.7. The standard InChI is InChI=1S/C7H13N3OS/c1-2-3-4-5-10-7(12)8-6(11)9-10/h2-5H2,1H3,(H2,8,9,11,12). The number of unbranched alkanes of at least 4 members (excludes halogenated alkanes) is 2. The van der Waals surface area contributed by atoms with E-state index in [1.807, 2.05) is 0 Å². The quantitative estimate of drug-likeness (QED) is 0.553. The van der Waals surface area contributed by atoms with Crippen molar-refractivity contribution in [3.63, 3.8) is 0 Å². The van der Waals surface area contributed by atoms with E-state index in [-0.39, 0.29) is 5.69 Å². The van der Waals surface area contributed by atoms with Gasteiger partial charge in [0.05, 0.1) is 0 Å². The minimum atomic E-state index is -0.225. The van der Waals surface area contributed by atoms with Crippen molar-refractivity contribution in [1.29, 1.82) is 0 Å². The number of rotatable bonds is 4. The Morgan fingerprint density at radius 1 is 1.50 bits per heavy atom. The zero-order chi connectivity index (χ0) is 8.97. The van der Waals surface area contributed by atoms with Crippen molar-refractivity contribution in [3.8, 4) is 0 Å². The molecule has 2 N–H and O–H groups in total. The summed E-state index contributed by atoms with van der Waals surface area (Å²) < 4.78 is 2.16. The van der Waals surface area contributed by atoms with E-state index < -0.39 is 0 Å². The van der Waals surface area contributed by atoms with Crippen LogP contribution in [0.3, 0.4) is 0 Å². The topological polar surface area (TPSA) is 53.6 Å². The molecule has 12 heavy (non-hydrogen) atoms. The van der Waals surface area contributed by atoms with Gasteiger partial charge < -0.3 is 0 Å². The minimum Gasteiger partial charge on any atom is -0.282 e. The van der Waals surface area contributed by atoms with Crippen LogP contribution in [0.1, 0.15) is 26.2 Å². The molecule has 0 aliphatic rings. The molecule has 1 heterocycles. The molecular formula is C7H13N3OS. The maximum Gasteiger partial charge on any atom is 0.339 e. The molecule has 0 fully saturated rings. The Morgan fingerprint density at radius 3 is 2.75 bits per heavy atom. The lowest BCUT2D eigenvalue weighted by Crippen LogP contribution is -2.06. The molecule has 0 bridgehead atoms. The van der Waals surface area contributed by atoms with Crippen molar-refractivity contribution in [2.75, 3.05) is 0 Å². The van der Waals surface area contributed by atoms with E-state index in [1.54, 1.807) is 4.68 Å². The van der Waals surface area contributed by atoms with Gasteiger partial charge in [-0.2, -0.15) is 0 Å². The summed E-state index contributed by atoms with van der Waals surface area (Å²) >= 11 is 4.90. The highest BCUT2D eigenvalue weighted by molar-refractivity contribution is 7.71. The van der Waals surface area contributed by atoms with E-state index >= 15 is 0 Å². The fourth-order valence-electron chi connectivity index (χ4n) is 1.04. The number of aromatic amines is 2. The summed E-state index contributed by atoms with van der Waals surface area (Å²) in [6.45, 7) is 2.94. The SMILES string of the molecule is CCCCCn1[nH]c(=O)[nH]c1=S. The van der Waals surface area contributed by atoms with Gasteiger partial charge in [-0.05, 0) is 18.6 Å². The van der Waals surface area contributed by atoms with Gasteiger partial charge in [0.15, 0.2) is 4.77 Å². The highest BCUT2D eigenvalue weighted by Crippen LogP contribution is 1.96. The Balaban J connectivity index is 2.57. The van der Waals surface area contributed by atoms with Crippen LogP contribution in [0.25, 0.3) is 0 Å². The number of hydrogen-bond acceptors (Lipinski definition) is 2. The lowest BCUT2D eigenvalue weighted by atomic mass is 10.2. The van der Waals surface area contributed by atoms with Crippen LogP contribution >= 0.6 is 12.2 Å². The zero-order valence-electron chi connectivity index (χ0n) is 7.09. The van der Waals surface area contributed by atoms with Gasteiger partial charge in [0, 0.05) is 6.54 Å². The smallest absolute Gasteiger partial charge is 0.282 e. The minimum absolute atomic E-state index is 0.225. The van der Waals surface area contributed by atoms with E-state index in [0.717, 1.165) is 19.4 Å². The Bertz CT molecular complexity index is 335. The van der Waals surface area contributed by atoms with Gasteiger partial charge in [-0.15, -0.1) is 0 Å². The largest absolute Gasteiger partial charge is 0.339 e. The molecular weight excluding hydrogens is 174 g/mol. The summed E-state index contributed by atoms with van der Waals surface area (Å²) in [6.07, 6.45) is 3.38. The lowest BCUT2D eigenvalue weighted by Gasteiger charge is -1.98. The summed E-state index contributed by atoms with van der Waals surface area (Å²) in [6, 6.07) is 0. The highest BCUT2D eigenvalue weighted by atomic mass is 32.1. The van der Waals surface area contributed by atoms with Gasteiger partial charge >= 0.3 is 5.69 Å². The van der Waals surface area contributed by atoms with Crippen LogP contribution < -0.4 is 5.69 Å². The van der Waals surface area contributed by atoms with Crippen LogP contribution in [-0.4, -0.2) is 14.8 Å². The number of aromatic nitrogens is 3. The number of aryl methyl sites for hydroxylation is 1. The van der Waals surface area contributed by atoms with E-state index in [1.165, 1.54) is 6.42 Å². The molecule has 5 heteroatoms. The van der Waals surface area contributed by atoms with Gasteiger partial charge in [0.25, 0.3) is 0 Å². The van der Waals surface area contributed by atoms with Gasteiger partial charge in [0.1, 0.15) is 0 Å². The molecule has 68 valence electrons. The Hall–Kier alpha value is -0.840. The summed E-state index contributed by atoms with van der Waals surface area (Å²) in [4.78, 5) is 13.2. The summed E-state index contributed by atoms with van der Waals surface area (Å²) in [5, 5.41) is 2.60. The zero-order valence-corrected chi connectivity index (χ0v) is 7.91. The lowest BCUT2D eigenvalue weighted by molar-refractivity contribution is 0.544. The predicted octanol–water partition coefficient (Wildman–Crippen LogP) is 1.42. The Kier molecular flexibility index (Phi) is 3.28.